The molecule has 2 heterocycles. The number of methoxy groups -OCH3 is 1. The zero-order chi connectivity index (χ0) is 18.3. The van der Waals surface area contributed by atoms with Crippen molar-refractivity contribution < 1.29 is 4.74 Å². The Labute approximate surface area is 148 Å². The topological polar surface area (TPSA) is 79.9 Å². The van der Waals surface area contributed by atoms with Crippen molar-refractivity contribution in [3.05, 3.63) is 80.7 Å². The summed E-state index contributed by atoms with van der Waals surface area (Å²) in [5, 5.41) is 3.10. The molecule has 0 unspecified atom stereocenters. The number of hydrogen-bond acceptors (Lipinski definition) is 3. The van der Waals surface area contributed by atoms with Crippen LogP contribution in [0.5, 0.6) is 5.75 Å². The molecule has 0 saturated carbocycles. The first-order chi connectivity index (χ1) is 12.6. The highest BCUT2D eigenvalue weighted by Crippen LogP contribution is 2.18. The molecule has 0 fully saturated rings. The molecule has 6 heteroatoms. The third-order valence-electron chi connectivity index (χ3n) is 4.37. The van der Waals surface area contributed by atoms with Crippen LogP contribution in [-0.4, -0.2) is 21.9 Å². The predicted octanol–water partition coefficient (Wildman–Crippen LogP) is 2.99. The zero-order valence-electron chi connectivity index (χ0n) is 14.4. The Kier molecular flexibility index (Phi) is 3.73. The molecule has 6 nitrogen and oxygen atoms in total. The number of benzene rings is 2. The van der Waals surface area contributed by atoms with Gasteiger partial charge in [0.15, 0.2) is 5.43 Å². The second kappa shape index (κ2) is 6.07. The van der Waals surface area contributed by atoms with Gasteiger partial charge in [0.2, 0.25) is 0 Å². The van der Waals surface area contributed by atoms with Crippen LogP contribution in [0.3, 0.4) is 0 Å². The third-order valence-corrected chi connectivity index (χ3v) is 4.37. The van der Waals surface area contributed by atoms with E-state index in [1.807, 2.05) is 31.2 Å². The monoisotopic (exact) mass is 347 g/mol. The zero-order valence-corrected chi connectivity index (χ0v) is 14.4. The van der Waals surface area contributed by atoms with E-state index in [-0.39, 0.29) is 16.4 Å². The van der Waals surface area contributed by atoms with Crippen molar-refractivity contribution in [2.24, 2.45) is 0 Å². The molecule has 0 aliphatic carbocycles. The third kappa shape index (κ3) is 2.61. The summed E-state index contributed by atoms with van der Waals surface area (Å²) in [4.78, 5) is 28.4. The lowest BCUT2D eigenvalue weighted by Gasteiger charge is -2.03. The lowest BCUT2D eigenvalue weighted by molar-refractivity contribution is 0.414. The van der Waals surface area contributed by atoms with Gasteiger partial charge >= 0.3 is 0 Å². The van der Waals surface area contributed by atoms with Crippen LogP contribution < -0.4 is 15.7 Å². The van der Waals surface area contributed by atoms with Gasteiger partial charge in [-0.3, -0.25) is 14.7 Å². The van der Waals surface area contributed by atoms with E-state index in [0.717, 1.165) is 11.1 Å². The fourth-order valence-corrected chi connectivity index (χ4v) is 2.93. The number of aromatic nitrogens is 3. The number of aryl methyl sites for hydroxylation is 1. The quantitative estimate of drug-likeness (QED) is 0.598. The van der Waals surface area contributed by atoms with Gasteiger partial charge in [-0.15, -0.1) is 0 Å². The number of nitrogens with zero attached hydrogens (tertiary/aromatic N) is 1. The van der Waals surface area contributed by atoms with E-state index in [0.29, 0.717) is 22.8 Å². The number of hydrogen-bond donors (Lipinski definition) is 2. The van der Waals surface area contributed by atoms with E-state index >= 15 is 0 Å². The highest BCUT2D eigenvalue weighted by molar-refractivity contribution is 5.78. The van der Waals surface area contributed by atoms with Crippen molar-refractivity contribution in [3.63, 3.8) is 0 Å². The fraction of sp³-hybridized carbons (Fsp3) is 0.100. The molecule has 2 aromatic carbocycles. The van der Waals surface area contributed by atoms with Crippen LogP contribution in [0.2, 0.25) is 0 Å². The molecule has 0 amide bonds. The standard InChI is InChI=1S/C20H17N3O3/c1-12-3-5-13(6-4-12)16-11-17(24)18-19(21-16)22-23(20(18)25)14-7-9-15(26-2)10-8-14/h3-11H,1-2H3,(H2,21,22,24). The molecule has 2 aromatic heterocycles. The van der Waals surface area contributed by atoms with Gasteiger partial charge in [-0.1, -0.05) is 29.8 Å². The van der Waals surface area contributed by atoms with Gasteiger partial charge in [0.1, 0.15) is 16.8 Å². The van der Waals surface area contributed by atoms with Crippen LogP contribution >= 0.6 is 0 Å². The van der Waals surface area contributed by atoms with E-state index in [2.05, 4.69) is 10.1 Å². The van der Waals surface area contributed by atoms with Crippen LogP contribution in [-0.2, 0) is 0 Å². The van der Waals surface area contributed by atoms with Gasteiger partial charge in [-0.2, -0.15) is 0 Å². The van der Waals surface area contributed by atoms with Crippen molar-refractivity contribution >= 4 is 11.0 Å². The Balaban J connectivity index is 1.88. The molecule has 0 atom stereocenters. The minimum atomic E-state index is -0.387. The van der Waals surface area contributed by atoms with Crippen LogP contribution in [0.4, 0.5) is 0 Å². The van der Waals surface area contributed by atoms with Gasteiger partial charge in [0.05, 0.1) is 18.5 Å². The van der Waals surface area contributed by atoms with Gasteiger partial charge < -0.3 is 9.72 Å². The van der Waals surface area contributed by atoms with Crippen molar-refractivity contribution in [2.45, 2.75) is 6.92 Å². The van der Waals surface area contributed by atoms with Gasteiger partial charge in [-0.05, 0) is 36.8 Å². The first-order valence-corrected chi connectivity index (χ1v) is 8.16. The predicted molar refractivity (Wildman–Crippen MR) is 101 cm³/mol. The number of fused-ring (bicyclic) bond motifs is 1. The Hall–Kier alpha value is -3.54. The maximum atomic E-state index is 12.7. The average molecular weight is 347 g/mol. The molecule has 4 rings (SSSR count). The van der Waals surface area contributed by atoms with E-state index in [1.54, 1.807) is 31.4 Å². The number of ether oxygens (including phenoxy) is 1. The summed E-state index contributed by atoms with van der Waals surface area (Å²) in [5.41, 5.74) is 2.99. The SMILES string of the molecule is COc1ccc(-n2[nH]c3[nH]c(-c4ccc(C)cc4)cc(=O)c3c2=O)cc1. The molecule has 0 spiro atoms. The van der Waals surface area contributed by atoms with Crippen molar-refractivity contribution in [3.8, 4) is 22.7 Å². The number of H-pyrrole nitrogens is 2. The Bertz CT molecular complexity index is 1200. The molecule has 26 heavy (non-hydrogen) atoms. The molecule has 2 N–H and O–H groups in total. The summed E-state index contributed by atoms with van der Waals surface area (Å²) in [5.74, 6) is 0.690. The minimum absolute atomic E-state index is 0.108. The van der Waals surface area contributed by atoms with Crippen LogP contribution in [0.15, 0.2) is 64.2 Å². The normalized spacial score (nSPS) is 11.0. The number of pyridine rings is 1. The minimum Gasteiger partial charge on any atom is -0.497 e. The van der Waals surface area contributed by atoms with Crippen molar-refractivity contribution in [1.82, 2.24) is 14.8 Å². The molecule has 0 aliphatic rings. The molecule has 130 valence electrons. The van der Waals surface area contributed by atoms with Crippen molar-refractivity contribution in [1.29, 1.82) is 0 Å². The maximum absolute atomic E-state index is 12.7. The van der Waals surface area contributed by atoms with Crippen LogP contribution in [0, 0.1) is 6.92 Å². The van der Waals surface area contributed by atoms with E-state index < -0.39 is 0 Å². The molecule has 4 aromatic rings. The van der Waals surface area contributed by atoms with Crippen LogP contribution in [0.25, 0.3) is 28.0 Å². The van der Waals surface area contributed by atoms with E-state index in [9.17, 15) is 9.59 Å². The molecular weight excluding hydrogens is 330 g/mol. The molecule has 0 aliphatic heterocycles. The average Bonchev–Trinajstić information content (AvgIpc) is 2.99. The summed E-state index contributed by atoms with van der Waals surface area (Å²) in [7, 11) is 1.58. The Morgan fingerprint density at radius 1 is 0.962 bits per heavy atom. The lowest BCUT2D eigenvalue weighted by Crippen LogP contribution is -2.18. The van der Waals surface area contributed by atoms with E-state index in [4.69, 9.17) is 4.74 Å². The molecule has 0 bridgehead atoms. The van der Waals surface area contributed by atoms with E-state index in [1.165, 1.54) is 10.7 Å². The van der Waals surface area contributed by atoms with Gasteiger partial charge in [-0.25, -0.2) is 4.68 Å². The second-order valence-electron chi connectivity index (χ2n) is 6.11. The Morgan fingerprint density at radius 2 is 1.65 bits per heavy atom. The number of aromatic amines is 2. The van der Waals surface area contributed by atoms with Gasteiger partial charge in [0.25, 0.3) is 5.56 Å². The summed E-state index contributed by atoms with van der Waals surface area (Å²) in [6.07, 6.45) is 0. The highest BCUT2D eigenvalue weighted by atomic mass is 16.5. The summed E-state index contributed by atoms with van der Waals surface area (Å²) < 4.78 is 6.48. The molecule has 0 saturated heterocycles. The fourth-order valence-electron chi connectivity index (χ4n) is 2.93. The second-order valence-corrected chi connectivity index (χ2v) is 6.11. The Morgan fingerprint density at radius 3 is 2.31 bits per heavy atom. The molecule has 0 radical (unpaired) electrons. The lowest BCUT2D eigenvalue weighted by atomic mass is 10.1. The smallest absolute Gasteiger partial charge is 0.284 e. The summed E-state index contributed by atoms with van der Waals surface area (Å²) in [6, 6.07) is 16.3. The van der Waals surface area contributed by atoms with Crippen molar-refractivity contribution in [2.75, 3.05) is 7.11 Å². The number of rotatable bonds is 3. The first-order valence-electron chi connectivity index (χ1n) is 8.16. The molecular formula is C20H17N3O3. The highest BCUT2D eigenvalue weighted by Gasteiger charge is 2.14. The van der Waals surface area contributed by atoms with Gasteiger partial charge in [0, 0.05) is 6.07 Å². The largest absolute Gasteiger partial charge is 0.497 e. The number of nitrogens with one attached hydrogen (secondary N) is 2. The summed E-state index contributed by atoms with van der Waals surface area (Å²) >= 11 is 0. The van der Waals surface area contributed by atoms with Crippen LogP contribution in [0.1, 0.15) is 5.56 Å². The maximum Gasteiger partial charge on any atom is 0.284 e. The summed E-state index contributed by atoms with van der Waals surface area (Å²) in [6.45, 7) is 2.00. The first kappa shape index (κ1) is 16.0.